The molecule has 2 rings (SSSR count). The van der Waals surface area contributed by atoms with Gasteiger partial charge in [-0.25, -0.2) is 4.68 Å². The third-order valence-corrected chi connectivity index (χ3v) is 4.22. The van der Waals surface area contributed by atoms with Gasteiger partial charge in [-0.3, -0.25) is 4.79 Å². The molecule has 0 spiro atoms. The van der Waals surface area contributed by atoms with Crippen LogP contribution in [0.4, 0.5) is 5.69 Å². The minimum absolute atomic E-state index is 0.0488. The number of anilines is 1. The lowest BCUT2D eigenvalue weighted by atomic mass is 10.1. The van der Waals surface area contributed by atoms with E-state index >= 15 is 0 Å². The molecule has 0 saturated heterocycles. The molecule has 0 saturated carbocycles. The van der Waals surface area contributed by atoms with Gasteiger partial charge in [0.2, 0.25) is 11.1 Å². The molecule has 0 radical (unpaired) electrons. The molecule has 0 aliphatic rings. The molecule has 118 valence electrons. The molecule has 22 heavy (non-hydrogen) atoms. The van der Waals surface area contributed by atoms with Crippen LogP contribution in [0.2, 0.25) is 0 Å². The highest BCUT2D eigenvalue weighted by Gasteiger charge is 2.13. The molecule has 6 nitrogen and oxygen atoms in total. The second kappa shape index (κ2) is 7.40. The van der Waals surface area contributed by atoms with Gasteiger partial charge in [0.15, 0.2) is 0 Å². The third-order valence-electron chi connectivity index (χ3n) is 3.29. The third kappa shape index (κ3) is 3.85. The fourth-order valence-electron chi connectivity index (χ4n) is 2.11. The molecule has 2 aromatic rings. The first-order valence-electron chi connectivity index (χ1n) is 7.32. The van der Waals surface area contributed by atoms with Crippen LogP contribution >= 0.6 is 11.8 Å². The van der Waals surface area contributed by atoms with E-state index in [1.807, 2.05) is 39.0 Å². The monoisotopic (exact) mass is 319 g/mol. The molecule has 0 fully saturated rings. The van der Waals surface area contributed by atoms with E-state index in [2.05, 4.69) is 27.8 Å². The molecule has 1 aromatic carbocycles. The van der Waals surface area contributed by atoms with Gasteiger partial charge >= 0.3 is 0 Å². The molecule has 7 heteroatoms. The summed E-state index contributed by atoms with van der Waals surface area (Å²) in [4.78, 5) is 12.2. The van der Waals surface area contributed by atoms with Crippen molar-refractivity contribution in [3.63, 3.8) is 0 Å². The summed E-state index contributed by atoms with van der Waals surface area (Å²) >= 11 is 1.34. The smallest absolute Gasteiger partial charge is 0.234 e. The van der Waals surface area contributed by atoms with Crippen LogP contribution in [0.25, 0.3) is 0 Å². The fourth-order valence-corrected chi connectivity index (χ4v) is 2.92. The number of hydrogen-bond donors (Lipinski definition) is 1. The highest BCUT2D eigenvalue weighted by atomic mass is 32.2. The Morgan fingerprint density at radius 3 is 2.86 bits per heavy atom. The molecule has 0 aliphatic heterocycles. The van der Waals surface area contributed by atoms with E-state index in [0.717, 1.165) is 23.2 Å². The Balaban J connectivity index is 2.01. The van der Waals surface area contributed by atoms with Crippen LogP contribution < -0.4 is 5.32 Å². The van der Waals surface area contributed by atoms with E-state index < -0.39 is 0 Å². The van der Waals surface area contributed by atoms with Crippen molar-refractivity contribution in [3.05, 3.63) is 29.3 Å². The van der Waals surface area contributed by atoms with Gasteiger partial charge in [0.1, 0.15) is 0 Å². The van der Waals surface area contributed by atoms with Crippen molar-refractivity contribution in [2.24, 2.45) is 0 Å². The van der Waals surface area contributed by atoms with Crippen molar-refractivity contribution in [3.8, 4) is 0 Å². The Labute approximate surface area is 134 Å². The maximum absolute atomic E-state index is 12.2. The maximum Gasteiger partial charge on any atom is 0.234 e. The number of aryl methyl sites for hydroxylation is 2. The minimum Gasteiger partial charge on any atom is -0.325 e. The molecule has 1 heterocycles. The van der Waals surface area contributed by atoms with E-state index in [4.69, 9.17) is 0 Å². The highest BCUT2D eigenvalue weighted by molar-refractivity contribution is 7.99. The number of para-hydroxylation sites is 1. The lowest BCUT2D eigenvalue weighted by molar-refractivity contribution is -0.113. The molecule has 1 amide bonds. The van der Waals surface area contributed by atoms with Gasteiger partial charge in [0.25, 0.3) is 0 Å². The Morgan fingerprint density at radius 2 is 2.18 bits per heavy atom. The van der Waals surface area contributed by atoms with Crippen LogP contribution in [0, 0.1) is 6.92 Å². The predicted molar refractivity (Wildman–Crippen MR) is 88.1 cm³/mol. The summed E-state index contributed by atoms with van der Waals surface area (Å²) in [7, 11) is 0. The molecule has 1 aromatic heterocycles. The number of aromatic nitrogens is 4. The average molecular weight is 319 g/mol. The van der Waals surface area contributed by atoms with Gasteiger partial charge in [-0.2, -0.15) is 0 Å². The summed E-state index contributed by atoms with van der Waals surface area (Å²) in [6.45, 7) is 8.08. The molecular formula is C15H21N5OS. The van der Waals surface area contributed by atoms with Gasteiger partial charge in [0.05, 0.1) is 11.8 Å². The normalized spacial score (nSPS) is 11.0. The zero-order chi connectivity index (χ0) is 16.1. The van der Waals surface area contributed by atoms with Gasteiger partial charge in [-0.15, -0.1) is 5.10 Å². The number of nitrogens with zero attached hydrogens (tertiary/aromatic N) is 4. The van der Waals surface area contributed by atoms with Crippen LogP contribution in [0.3, 0.4) is 0 Å². The largest absolute Gasteiger partial charge is 0.325 e. The quantitative estimate of drug-likeness (QED) is 0.829. The Kier molecular flexibility index (Phi) is 5.54. The standard InChI is InChI=1S/C15H21N5OS/c1-5-12-8-6-7-11(4)14(12)16-13(21)9-22-15-17-18-19-20(15)10(2)3/h6-8,10H,5,9H2,1-4H3,(H,16,21). The lowest BCUT2D eigenvalue weighted by Crippen LogP contribution is -2.17. The van der Waals surface area contributed by atoms with E-state index in [1.54, 1.807) is 4.68 Å². The van der Waals surface area contributed by atoms with Crippen molar-refractivity contribution in [2.75, 3.05) is 11.1 Å². The first kappa shape index (κ1) is 16.5. The summed E-state index contributed by atoms with van der Waals surface area (Å²) in [5.74, 6) is 0.234. The molecule has 0 aliphatic carbocycles. The second-order valence-electron chi connectivity index (χ2n) is 5.30. The van der Waals surface area contributed by atoms with Gasteiger partial charge in [0, 0.05) is 5.69 Å². The number of carbonyl (C=O) groups is 1. The topological polar surface area (TPSA) is 72.7 Å². The van der Waals surface area contributed by atoms with Crippen molar-refractivity contribution < 1.29 is 4.79 Å². The summed E-state index contributed by atoms with van der Waals surface area (Å²) in [5.41, 5.74) is 3.13. The van der Waals surface area contributed by atoms with E-state index in [9.17, 15) is 4.79 Å². The van der Waals surface area contributed by atoms with Crippen LogP contribution in [0.15, 0.2) is 23.4 Å². The first-order chi connectivity index (χ1) is 10.5. The van der Waals surface area contributed by atoms with Gasteiger partial charge < -0.3 is 5.32 Å². The van der Waals surface area contributed by atoms with Gasteiger partial charge in [-0.1, -0.05) is 36.9 Å². The number of benzene rings is 1. The maximum atomic E-state index is 12.2. The molecule has 0 bridgehead atoms. The van der Waals surface area contributed by atoms with E-state index in [1.165, 1.54) is 11.8 Å². The Morgan fingerprint density at radius 1 is 1.41 bits per heavy atom. The molecule has 0 atom stereocenters. The van der Waals surface area contributed by atoms with Crippen LogP contribution in [0.5, 0.6) is 0 Å². The van der Waals surface area contributed by atoms with Crippen LogP contribution in [-0.2, 0) is 11.2 Å². The van der Waals surface area contributed by atoms with Crippen LogP contribution in [-0.4, -0.2) is 31.9 Å². The summed E-state index contributed by atoms with van der Waals surface area (Å²) in [5, 5.41) is 15.2. The number of rotatable bonds is 6. The van der Waals surface area contributed by atoms with Crippen molar-refractivity contribution in [2.45, 2.75) is 45.3 Å². The van der Waals surface area contributed by atoms with Crippen molar-refractivity contribution >= 4 is 23.4 Å². The number of nitrogens with one attached hydrogen (secondary N) is 1. The zero-order valence-electron chi connectivity index (χ0n) is 13.3. The molecule has 0 unspecified atom stereocenters. The van der Waals surface area contributed by atoms with Crippen molar-refractivity contribution in [1.29, 1.82) is 0 Å². The predicted octanol–water partition coefficient (Wildman–Crippen LogP) is 2.86. The Hall–Kier alpha value is -1.89. The van der Waals surface area contributed by atoms with E-state index in [0.29, 0.717) is 5.16 Å². The van der Waals surface area contributed by atoms with Crippen molar-refractivity contribution in [1.82, 2.24) is 20.2 Å². The highest BCUT2D eigenvalue weighted by Crippen LogP contribution is 2.22. The molecule has 1 N–H and O–H groups in total. The SMILES string of the molecule is CCc1cccc(C)c1NC(=O)CSc1nnnn1C(C)C. The average Bonchev–Trinajstić information content (AvgIpc) is 2.96. The number of hydrogen-bond acceptors (Lipinski definition) is 5. The summed E-state index contributed by atoms with van der Waals surface area (Å²) in [6, 6.07) is 6.22. The number of thioether (sulfide) groups is 1. The van der Waals surface area contributed by atoms with E-state index in [-0.39, 0.29) is 17.7 Å². The molecular weight excluding hydrogens is 298 g/mol. The first-order valence-corrected chi connectivity index (χ1v) is 8.30. The minimum atomic E-state index is -0.0488. The van der Waals surface area contributed by atoms with Gasteiger partial charge in [-0.05, 0) is 48.7 Å². The number of amides is 1. The Bertz CT molecular complexity index is 653. The number of tetrazole rings is 1. The lowest BCUT2D eigenvalue weighted by Gasteiger charge is -2.13. The summed E-state index contributed by atoms with van der Waals surface area (Å²) in [6.07, 6.45) is 0.885. The van der Waals surface area contributed by atoms with Crippen LogP contribution in [0.1, 0.15) is 37.9 Å². The fraction of sp³-hybridized carbons (Fsp3) is 0.467. The summed E-state index contributed by atoms with van der Waals surface area (Å²) < 4.78 is 1.71. The zero-order valence-corrected chi connectivity index (χ0v) is 14.1. The second-order valence-corrected chi connectivity index (χ2v) is 6.24. The number of carbonyl (C=O) groups excluding carboxylic acids is 1.